The molecule has 21 heavy (non-hydrogen) atoms. The number of aryl methyl sites for hydroxylation is 1. The SMILES string of the molecule is COC(=O)CCc1ccc(NC(=O)[C@@H](N)CC(C)C)cc1. The Bertz CT molecular complexity index is 469. The van der Waals surface area contributed by atoms with E-state index in [0.29, 0.717) is 30.9 Å². The summed E-state index contributed by atoms with van der Waals surface area (Å²) in [6, 6.07) is 6.89. The van der Waals surface area contributed by atoms with Crippen LogP contribution in [0.15, 0.2) is 24.3 Å². The Hall–Kier alpha value is -1.88. The summed E-state index contributed by atoms with van der Waals surface area (Å²) < 4.78 is 4.60. The first-order chi connectivity index (χ1) is 9.92. The van der Waals surface area contributed by atoms with Crippen molar-refractivity contribution in [1.82, 2.24) is 0 Å². The van der Waals surface area contributed by atoms with Gasteiger partial charge in [-0.25, -0.2) is 0 Å². The Balaban J connectivity index is 2.50. The van der Waals surface area contributed by atoms with Crippen LogP contribution < -0.4 is 11.1 Å². The molecule has 5 heteroatoms. The number of nitrogens with two attached hydrogens (primary N) is 1. The van der Waals surface area contributed by atoms with Crippen molar-refractivity contribution in [2.24, 2.45) is 11.7 Å². The average molecular weight is 292 g/mol. The summed E-state index contributed by atoms with van der Waals surface area (Å²) in [5.41, 5.74) is 7.56. The molecule has 116 valence electrons. The summed E-state index contributed by atoms with van der Waals surface area (Å²) in [7, 11) is 1.38. The van der Waals surface area contributed by atoms with Crippen LogP contribution in [0, 0.1) is 5.92 Å². The normalized spacial score (nSPS) is 12.0. The highest BCUT2D eigenvalue weighted by atomic mass is 16.5. The van der Waals surface area contributed by atoms with E-state index in [0.717, 1.165) is 5.56 Å². The number of benzene rings is 1. The summed E-state index contributed by atoms with van der Waals surface area (Å²) in [6.07, 6.45) is 1.62. The third-order valence-electron chi connectivity index (χ3n) is 3.13. The highest BCUT2D eigenvalue weighted by Crippen LogP contribution is 2.12. The minimum absolute atomic E-state index is 0.175. The van der Waals surface area contributed by atoms with Crippen LogP contribution in [0.1, 0.15) is 32.3 Å². The molecule has 1 rings (SSSR count). The van der Waals surface area contributed by atoms with E-state index >= 15 is 0 Å². The van der Waals surface area contributed by atoms with Crippen LogP contribution in [0.2, 0.25) is 0 Å². The Kier molecular flexibility index (Phi) is 6.88. The second kappa shape index (κ2) is 8.42. The topological polar surface area (TPSA) is 81.4 Å². The molecule has 1 aromatic carbocycles. The standard InChI is InChI=1S/C16H24N2O3/c1-11(2)10-14(17)16(20)18-13-7-4-12(5-8-13)6-9-15(19)21-3/h4-5,7-8,11,14H,6,9-10,17H2,1-3H3,(H,18,20)/t14-/m0/s1. The molecule has 5 nitrogen and oxygen atoms in total. The van der Waals surface area contributed by atoms with Crippen molar-refractivity contribution in [3.8, 4) is 0 Å². The van der Waals surface area contributed by atoms with Crippen LogP contribution in [0.3, 0.4) is 0 Å². The van der Waals surface area contributed by atoms with Crippen LogP contribution in [0.25, 0.3) is 0 Å². The number of hydrogen-bond donors (Lipinski definition) is 2. The summed E-state index contributed by atoms with van der Waals surface area (Å²) in [5.74, 6) is -0.0236. The maximum atomic E-state index is 11.9. The quantitative estimate of drug-likeness (QED) is 0.754. The molecule has 0 heterocycles. The highest BCUT2D eigenvalue weighted by molar-refractivity contribution is 5.94. The summed E-state index contributed by atoms with van der Waals surface area (Å²) in [6.45, 7) is 4.06. The maximum absolute atomic E-state index is 11.9. The fourth-order valence-electron chi connectivity index (χ4n) is 1.95. The van der Waals surface area contributed by atoms with Gasteiger partial charge in [0.15, 0.2) is 0 Å². The Morgan fingerprint density at radius 1 is 1.24 bits per heavy atom. The molecular formula is C16H24N2O3. The van der Waals surface area contributed by atoms with E-state index in [1.165, 1.54) is 7.11 Å². The summed E-state index contributed by atoms with van der Waals surface area (Å²) >= 11 is 0. The lowest BCUT2D eigenvalue weighted by molar-refractivity contribution is -0.140. The first-order valence-corrected chi connectivity index (χ1v) is 7.14. The molecular weight excluding hydrogens is 268 g/mol. The molecule has 0 aromatic heterocycles. The predicted molar refractivity (Wildman–Crippen MR) is 82.8 cm³/mol. The maximum Gasteiger partial charge on any atom is 0.305 e. The van der Waals surface area contributed by atoms with Crippen molar-refractivity contribution < 1.29 is 14.3 Å². The van der Waals surface area contributed by atoms with Crippen LogP contribution in [-0.4, -0.2) is 25.0 Å². The van der Waals surface area contributed by atoms with E-state index in [9.17, 15) is 9.59 Å². The Morgan fingerprint density at radius 3 is 2.38 bits per heavy atom. The minimum Gasteiger partial charge on any atom is -0.469 e. The third kappa shape index (κ3) is 6.40. The summed E-state index contributed by atoms with van der Waals surface area (Å²) in [4.78, 5) is 23.0. The van der Waals surface area contributed by atoms with Crippen molar-refractivity contribution in [3.05, 3.63) is 29.8 Å². The van der Waals surface area contributed by atoms with Gasteiger partial charge >= 0.3 is 5.97 Å². The number of carbonyl (C=O) groups is 2. The number of nitrogens with one attached hydrogen (secondary N) is 1. The van der Waals surface area contributed by atoms with Gasteiger partial charge in [-0.1, -0.05) is 26.0 Å². The number of ether oxygens (including phenoxy) is 1. The molecule has 0 bridgehead atoms. The van der Waals surface area contributed by atoms with Crippen LogP contribution >= 0.6 is 0 Å². The first-order valence-electron chi connectivity index (χ1n) is 7.14. The molecule has 0 saturated carbocycles. The molecule has 0 aliphatic rings. The van der Waals surface area contributed by atoms with Gasteiger partial charge in [-0.15, -0.1) is 0 Å². The van der Waals surface area contributed by atoms with Crippen molar-refractivity contribution in [2.75, 3.05) is 12.4 Å². The molecule has 0 fully saturated rings. The number of amides is 1. The van der Waals surface area contributed by atoms with Crippen molar-refractivity contribution in [1.29, 1.82) is 0 Å². The van der Waals surface area contributed by atoms with E-state index in [1.54, 1.807) is 0 Å². The molecule has 3 N–H and O–H groups in total. The minimum atomic E-state index is -0.496. The number of anilines is 1. The smallest absolute Gasteiger partial charge is 0.305 e. The zero-order chi connectivity index (χ0) is 15.8. The first kappa shape index (κ1) is 17.2. The number of rotatable bonds is 7. The third-order valence-corrected chi connectivity index (χ3v) is 3.13. The number of methoxy groups -OCH3 is 1. The summed E-state index contributed by atoms with van der Waals surface area (Å²) in [5, 5.41) is 2.79. The second-order valence-electron chi connectivity index (χ2n) is 5.50. The van der Waals surface area contributed by atoms with Crippen molar-refractivity contribution >= 4 is 17.6 Å². The lowest BCUT2D eigenvalue weighted by atomic mass is 10.0. The van der Waals surface area contributed by atoms with Gasteiger partial charge < -0.3 is 15.8 Å². The fraction of sp³-hybridized carbons (Fsp3) is 0.500. The van der Waals surface area contributed by atoms with Gasteiger partial charge in [0.1, 0.15) is 0 Å². The fourth-order valence-corrected chi connectivity index (χ4v) is 1.95. The average Bonchev–Trinajstić information content (AvgIpc) is 2.45. The molecule has 1 amide bonds. The highest BCUT2D eigenvalue weighted by Gasteiger charge is 2.14. The second-order valence-corrected chi connectivity index (χ2v) is 5.50. The predicted octanol–water partition coefficient (Wildman–Crippen LogP) is 2.10. The molecule has 0 radical (unpaired) electrons. The molecule has 1 aromatic rings. The van der Waals surface area contributed by atoms with E-state index in [2.05, 4.69) is 10.1 Å². The van der Waals surface area contributed by atoms with Crippen molar-refractivity contribution in [2.45, 2.75) is 39.2 Å². The molecule has 1 atom stereocenters. The van der Waals surface area contributed by atoms with Gasteiger partial charge in [0.25, 0.3) is 0 Å². The van der Waals surface area contributed by atoms with E-state index < -0.39 is 6.04 Å². The molecule has 0 saturated heterocycles. The van der Waals surface area contributed by atoms with Gasteiger partial charge in [0.2, 0.25) is 5.91 Å². The van der Waals surface area contributed by atoms with Crippen LogP contribution in [0.5, 0.6) is 0 Å². The van der Waals surface area contributed by atoms with E-state index in [-0.39, 0.29) is 11.9 Å². The lowest BCUT2D eigenvalue weighted by Gasteiger charge is -2.14. The largest absolute Gasteiger partial charge is 0.469 e. The number of carbonyl (C=O) groups excluding carboxylic acids is 2. The van der Waals surface area contributed by atoms with E-state index in [4.69, 9.17) is 5.73 Å². The number of esters is 1. The van der Waals surface area contributed by atoms with Gasteiger partial charge in [0, 0.05) is 12.1 Å². The van der Waals surface area contributed by atoms with E-state index in [1.807, 2.05) is 38.1 Å². The number of hydrogen-bond acceptors (Lipinski definition) is 4. The Morgan fingerprint density at radius 2 is 1.86 bits per heavy atom. The van der Waals surface area contributed by atoms with Crippen LogP contribution in [0.4, 0.5) is 5.69 Å². The van der Waals surface area contributed by atoms with Gasteiger partial charge in [-0.3, -0.25) is 9.59 Å². The molecule has 0 spiro atoms. The van der Waals surface area contributed by atoms with Gasteiger partial charge in [-0.2, -0.15) is 0 Å². The zero-order valence-corrected chi connectivity index (χ0v) is 12.9. The zero-order valence-electron chi connectivity index (χ0n) is 12.9. The molecule has 0 unspecified atom stereocenters. The van der Waals surface area contributed by atoms with Gasteiger partial charge in [0.05, 0.1) is 13.2 Å². The lowest BCUT2D eigenvalue weighted by Crippen LogP contribution is -2.36. The van der Waals surface area contributed by atoms with Crippen molar-refractivity contribution in [3.63, 3.8) is 0 Å². The molecule has 0 aliphatic carbocycles. The Labute approximate surface area is 125 Å². The monoisotopic (exact) mass is 292 g/mol. The van der Waals surface area contributed by atoms with Gasteiger partial charge in [-0.05, 0) is 36.5 Å². The molecule has 0 aliphatic heterocycles. The van der Waals surface area contributed by atoms with Crippen LogP contribution in [-0.2, 0) is 20.7 Å².